The van der Waals surface area contributed by atoms with E-state index < -0.39 is 6.04 Å². The molecule has 166 valence electrons. The van der Waals surface area contributed by atoms with Crippen LogP contribution in [0.3, 0.4) is 0 Å². The normalized spacial score (nSPS) is 24.6. The van der Waals surface area contributed by atoms with Crippen LogP contribution < -0.4 is 21.7 Å². The topological polar surface area (TPSA) is 79.2 Å². The lowest BCUT2D eigenvalue weighted by Gasteiger charge is -2.40. The standard InChI is InChI=1S/C23H35ClN4OS/c1-26-23(30)28-21(17-10-12-27-13-11-17)16-4-6-18(7-5-16)22(29)20(25)14-15-2-8-19(24)9-3-15/h2-3,8-9,16-18,20-21,27H,4-7,10-14,25H2,1H3,(H2,26,28,30). The van der Waals surface area contributed by atoms with Crippen LogP contribution in [0.2, 0.25) is 5.02 Å². The number of nitrogens with one attached hydrogen (secondary N) is 3. The smallest absolute Gasteiger partial charge is 0.166 e. The van der Waals surface area contributed by atoms with Crippen LogP contribution in [-0.2, 0) is 11.2 Å². The van der Waals surface area contributed by atoms with E-state index in [-0.39, 0.29) is 11.7 Å². The number of benzene rings is 1. The first-order chi connectivity index (χ1) is 14.5. The maximum absolute atomic E-state index is 13.0. The molecule has 0 bridgehead atoms. The predicted molar refractivity (Wildman–Crippen MR) is 128 cm³/mol. The molecule has 1 saturated carbocycles. The van der Waals surface area contributed by atoms with Crippen molar-refractivity contribution in [2.75, 3.05) is 20.1 Å². The summed E-state index contributed by atoms with van der Waals surface area (Å²) >= 11 is 11.4. The Hall–Kier alpha value is -1.21. The molecule has 1 aromatic rings. The zero-order chi connectivity index (χ0) is 21.5. The summed E-state index contributed by atoms with van der Waals surface area (Å²) in [6.45, 7) is 2.14. The number of hydrogen-bond acceptors (Lipinski definition) is 4. The molecule has 7 heteroatoms. The molecule has 1 aliphatic carbocycles. The fourth-order valence-corrected chi connectivity index (χ4v) is 5.35. The Morgan fingerprint density at radius 1 is 1.13 bits per heavy atom. The zero-order valence-electron chi connectivity index (χ0n) is 17.8. The summed E-state index contributed by atoms with van der Waals surface area (Å²) in [6, 6.07) is 7.54. The highest BCUT2D eigenvalue weighted by Gasteiger charge is 2.36. The number of hydrogen-bond donors (Lipinski definition) is 4. The minimum atomic E-state index is -0.442. The molecule has 0 aromatic heterocycles. The Kier molecular flexibility index (Phi) is 8.93. The average Bonchev–Trinajstić information content (AvgIpc) is 2.79. The van der Waals surface area contributed by atoms with E-state index in [2.05, 4.69) is 16.0 Å². The molecule has 0 radical (unpaired) electrons. The van der Waals surface area contributed by atoms with Crippen molar-refractivity contribution in [1.29, 1.82) is 0 Å². The summed E-state index contributed by atoms with van der Waals surface area (Å²) in [5.41, 5.74) is 7.35. The van der Waals surface area contributed by atoms with Crippen molar-refractivity contribution >= 4 is 34.7 Å². The molecule has 30 heavy (non-hydrogen) atoms. The van der Waals surface area contributed by atoms with Gasteiger partial charge in [0.1, 0.15) is 0 Å². The molecule has 2 atom stereocenters. The number of nitrogens with two attached hydrogens (primary N) is 1. The summed E-state index contributed by atoms with van der Waals surface area (Å²) in [7, 11) is 1.87. The number of piperidine rings is 1. The molecule has 2 aliphatic rings. The van der Waals surface area contributed by atoms with Gasteiger partial charge in [-0.3, -0.25) is 4.79 Å². The summed E-state index contributed by atoms with van der Waals surface area (Å²) in [6.07, 6.45) is 6.88. The van der Waals surface area contributed by atoms with Gasteiger partial charge >= 0.3 is 0 Å². The molecule has 2 fully saturated rings. The number of ketones is 1. The first-order valence-corrected chi connectivity index (χ1v) is 12.0. The highest BCUT2D eigenvalue weighted by Crippen LogP contribution is 2.36. The first kappa shape index (κ1) is 23.5. The summed E-state index contributed by atoms with van der Waals surface area (Å²) in [5.74, 6) is 1.46. The largest absolute Gasteiger partial charge is 0.366 e. The van der Waals surface area contributed by atoms with Crippen LogP contribution in [-0.4, -0.2) is 43.1 Å². The lowest BCUT2D eigenvalue weighted by molar-refractivity contribution is -0.125. The van der Waals surface area contributed by atoms with Crippen LogP contribution >= 0.6 is 23.8 Å². The van der Waals surface area contributed by atoms with E-state index >= 15 is 0 Å². The molecule has 1 saturated heterocycles. The first-order valence-electron chi connectivity index (χ1n) is 11.2. The lowest BCUT2D eigenvalue weighted by Crippen LogP contribution is -2.51. The Balaban J connectivity index is 1.55. The zero-order valence-corrected chi connectivity index (χ0v) is 19.4. The maximum Gasteiger partial charge on any atom is 0.166 e. The van der Waals surface area contributed by atoms with Crippen LogP contribution in [0.4, 0.5) is 0 Å². The van der Waals surface area contributed by atoms with Gasteiger partial charge in [0.2, 0.25) is 0 Å². The molecule has 5 N–H and O–H groups in total. The van der Waals surface area contributed by atoms with Crippen molar-refractivity contribution in [3.8, 4) is 0 Å². The van der Waals surface area contributed by atoms with Gasteiger partial charge in [0.25, 0.3) is 0 Å². The SMILES string of the molecule is CNC(=S)NC(C1CCNCC1)C1CCC(C(=O)C(N)Cc2ccc(Cl)cc2)CC1. The number of thiocarbonyl (C=S) groups is 1. The maximum atomic E-state index is 13.0. The summed E-state index contributed by atoms with van der Waals surface area (Å²) < 4.78 is 0. The average molecular weight is 451 g/mol. The number of carbonyl (C=O) groups is 1. The predicted octanol–water partition coefficient (Wildman–Crippen LogP) is 3.05. The Labute approximate surface area is 190 Å². The molecule has 0 amide bonds. The molecular formula is C23H35ClN4OS. The van der Waals surface area contributed by atoms with Gasteiger partial charge in [-0.05, 0) is 99.8 Å². The van der Waals surface area contributed by atoms with Gasteiger partial charge in [0, 0.05) is 24.0 Å². The minimum Gasteiger partial charge on any atom is -0.366 e. The van der Waals surface area contributed by atoms with Gasteiger partial charge in [0.05, 0.1) is 6.04 Å². The third-order valence-corrected chi connectivity index (χ3v) is 7.41. The van der Waals surface area contributed by atoms with E-state index in [1.165, 1.54) is 12.8 Å². The molecule has 2 unspecified atom stereocenters. The molecular weight excluding hydrogens is 416 g/mol. The third kappa shape index (κ3) is 6.39. The van der Waals surface area contributed by atoms with Gasteiger partial charge < -0.3 is 21.7 Å². The van der Waals surface area contributed by atoms with Gasteiger partial charge in [-0.15, -0.1) is 0 Å². The summed E-state index contributed by atoms with van der Waals surface area (Å²) in [4.78, 5) is 13.0. The van der Waals surface area contributed by atoms with E-state index in [4.69, 9.17) is 29.6 Å². The van der Waals surface area contributed by atoms with E-state index in [1.807, 2.05) is 31.3 Å². The fraction of sp³-hybridized carbons (Fsp3) is 0.652. The minimum absolute atomic E-state index is 0.0773. The van der Waals surface area contributed by atoms with Crippen LogP contribution in [0.5, 0.6) is 0 Å². The van der Waals surface area contributed by atoms with E-state index in [0.717, 1.165) is 49.4 Å². The van der Waals surface area contributed by atoms with E-state index in [9.17, 15) is 4.79 Å². The van der Waals surface area contributed by atoms with Crippen LogP contribution in [0, 0.1) is 17.8 Å². The second-order valence-electron chi connectivity index (χ2n) is 8.79. The fourth-order valence-electron chi connectivity index (χ4n) is 5.09. The number of rotatable bonds is 7. The lowest BCUT2D eigenvalue weighted by atomic mass is 9.71. The quantitative estimate of drug-likeness (QED) is 0.478. The van der Waals surface area contributed by atoms with E-state index in [0.29, 0.717) is 29.3 Å². The highest BCUT2D eigenvalue weighted by molar-refractivity contribution is 7.80. The highest BCUT2D eigenvalue weighted by atomic mass is 35.5. The second kappa shape index (κ2) is 11.4. The van der Waals surface area contributed by atoms with Crippen LogP contribution in [0.25, 0.3) is 0 Å². The van der Waals surface area contributed by atoms with Crippen LogP contribution in [0.15, 0.2) is 24.3 Å². The number of carbonyl (C=O) groups excluding carboxylic acids is 1. The molecule has 5 nitrogen and oxygen atoms in total. The molecule has 0 spiro atoms. The van der Waals surface area contributed by atoms with Gasteiger partial charge in [-0.2, -0.15) is 0 Å². The summed E-state index contributed by atoms with van der Waals surface area (Å²) in [5, 5.41) is 11.5. The van der Waals surface area contributed by atoms with Crippen molar-refractivity contribution < 1.29 is 4.79 Å². The second-order valence-corrected chi connectivity index (χ2v) is 9.63. The third-order valence-electron chi connectivity index (χ3n) is 6.83. The van der Waals surface area contributed by atoms with Crippen molar-refractivity contribution in [1.82, 2.24) is 16.0 Å². The molecule has 1 aromatic carbocycles. The van der Waals surface area contributed by atoms with Crippen molar-refractivity contribution in [3.63, 3.8) is 0 Å². The van der Waals surface area contributed by atoms with Gasteiger partial charge in [-0.25, -0.2) is 0 Å². The Bertz CT molecular complexity index is 700. The monoisotopic (exact) mass is 450 g/mol. The number of Topliss-reactive ketones (excluding diaryl/α,β-unsaturated/α-hetero) is 1. The molecule has 1 aliphatic heterocycles. The van der Waals surface area contributed by atoms with Crippen molar-refractivity contribution in [3.05, 3.63) is 34.9 Å². The Morgan fingerprint density at radius 3 is 2.33 bits per heavy atom. The molecule has 1 heterocycles. The van der Waals surface area contributed by atoms with Crippen LogP contribution in [0.1, 0.15) is 44.1 Å². The number of halogens is 1. The molecule has 3 rings (SSSR count). The van der Waals surface area contributed by atoms with E-state index in [1.54, 1.807) is 0 Å². The van der Waals surface area contributed by atoms with Crippen molar-refractivity contribution in [2.24, 2.45) is 23.5 Å². The van der Waals surface area contributed by atoms with Crippen molar-refractivity contribution in [2.45, 2.75) is 57.0 Å². The van der Waals surface area contributed by atoms with Gasteiger partial charge in [-0.1, -0.05) is 23.7 Å². The Morgan fingerprint density at radius 2 is 1.73 bits per heavy atom. The van der Waals surface area contributed by atoms with Gasteiger partial charge in [0.15, 0.2) is 10.9 Å².